The first-order chi connectivity index (χ1) is 14.3. The maximum atomic E-state index is 14.0. The molecule has 1 fully saturated rings. The third kappa shape index (κ3) is 5.15. The molecule has 6 unspecified atom stereocenters. The SMILES string of the molecule is C.C=CC1(C)CC(C)C(C)C(/C=C/c2ccc(-c3ccccc3F)cn2)C1C(C)OC. The number of pyridine rings is 1. The van der Waals surface area contributed by atoms with E-state index in [0.29, 0.717) is 29.2 Å². The number of allylic oxidation sites excluding steroid dienone is 2. The van der Waals surface area contributed by atoms with Crippen molar-refractivity contribution in [2.75, 3.05) is 7.11 Å². The van der Waals surface area contributed by atoms with Crippen LogP contribution in [0.25, 0.3) is 17.2 Å². The standard InChI is InChI=1S/C27H34FNO.CH4/c1-7-27(5)16-18(2)19(3)23(26(27)20(4)30-6)15-14-22-13-12-21(17-29-22)24-10-8-9-11-25(24)28;/h7-15,17-20,23,26H,1,16H2,2-6H3;1H4/b15-14+;. The molecule has 0 saturated heterocycles. The topological polar surface area (TPSA) is 22.1 Å². The number of nitrogens with zero attached hydrogens (tertiary/aromatic N) is 1. The smallest absolute Gasteiger partial charge is 0.131 e. The van der Waals surface area contributed by atoms with Gasteiger partial charge in [-0.1, -0.05) is 64.6 Å². The summed E-state index contributed by atoms with van der Waals surface area (Å²) < 4.78 is 19.8. The molecule has 1 saturated carbocycles. The van der Waals surface area contributed by atoms with E-state index in [-0.39, 0.29) is 24.8 Å². The highest BCUT2D eigenvalue weighted by Crippen LogP contribution is 2.52. The van der Waals surface area contributed by atoms with Gasteiger partial charge in [-0.3, -0.25) is 4.98 Å². The zero-order valence-electron chi connectivity index (χ0n) is 18.8. The molecular formula is C28H38FNO. The van der Waals surface area contributed by atoms with Crippen molar-refractivity contribution in [2.24, 2.45) is 29.1 Å². The zero-order valence-corrected chi connectivity index (χ0v) is 18.8. The highest BCUT2D eigenvalue weighted by molar-refractivity contribution is 5.64. The summed E-state index contributed by atoms with van der Waals surface area (Å²) in [5.41, 5.74) is 2.27. The van der Waals surface area contributed by atoms with Crippen molar-refractivity contribution in [3.63, 3.8) is 0 Å². The molecule has 0 amide bonds. The number of methoxy groups -OCH3 is 1. The average molecular weight is 424 g/mol. The Bertz CT molecular complexity index is 890. The highest BCUT2D eigenvalue weighted by atomic mass is 19.1. The summed E-state index contributed by atoms with van der Waals surface area (Å²) in [4.78, 5) is 4.57. The van der Waals surface area contributed by atoms with Gasteiger partial charge in [-0.15, -0.1) is 6.58 Å². The van der Waals surface area contributed by atoms with E-state index in [1.165, 1.54) is 6.07 Å². The fourth-order valence-corrected chi connectivity index (χ4v) is 5.24. The van der Waals surface area contributed by atoms with Gasteiger partial charge >= 0.3 is 0 Å². The Hall–Kier alpha value is -2.26. The molecule has 3 heteroatoms. The van der Waals surface area contributed by atoms with Crippen molar-refractivity contribution in [3.8, 4) is 11.1 Å². The van der Waals surface area contributed by atoms with Gasteiger partial charge in [-0.05, 0) is 54.7 Å². The molecule has 2 nitrogen and oxygen atoms in total. The van der Waals surface area contributed by atoms with Crippen LogP contribution in [0.1, 0.15) is 47.2 Å². The zero-order chi connectivity index (χ0) is 21.9. The normalized spacial score (nSPS) is 29.4. The third-order valence-electron chi connectivity index (χ3n) is 7.25. The van der Waals surface area contributed by atoms with Gasteiger partial charge < -0.3 is 4.74 Å². The predicted octanol–water partition coefficient (Wildman–Crippen LogP) is 7.67. The molecule has 3 rings (SSSR count). The molecule has 31 heavy (non-hydrogen) atoms. The lowest BCUT2D eigenvalue weighted by Gasteiger charge is -2.51. The quantitative estimate of drug-likeness (QED) is 0.445. The molecule has 0 N–H and O–H groups in total. The van der Waals surface area contributed by atoms with Gasteiger partial charge in [0.15, 0.2) is 0 Å². The van der Waals surface area contributed by atoms with E-state index < -0.39 is 0 Å². The summed E-state index contributed by atoms with van der Waals surface area (Å²) in [5, 5.41) is 0. The Morgan fingerprint density at radius 2 is 1.94 bits per heavy atom. The van der Waals surface area contributed by atoms with Crippen molar-refractivity contribution >= 4 is 6.08 Å². The van der Waals surface area contributed by atoms with E-state index in [1.807, 2.05) is 18.2 Å². The first-order valence-corrected chi connectivity index (χ1v) is 10.9. The van der Waals surface area contributed by atoms with Crippen LogP contribution in [0.2, 0.25) is 0 Å². The van der Waals surface area contributed by atoms with Crippen molar-refractivity contribution in [1.82, 2.24) is 4.98 Å². The van der Waals surface area contributed by atoms with E-state index in [9.17, 15) is 4.39 Å². The van der Waals surface area contributed by atoms with Crippen molar-refractivity contribution in [1.29, 1.82) is 0 Å². The number of hydrogen-bond donors (Lipinski definition) is 0. The minimum absolute atomic E-state index is 0. The number of ether oxygens (including phenoxy) is 1. The monoisotopic (exact) mass is 423 g/mol. The van der Waals surface area contributed by atoms with Crippen LogP contribution in [-0.2, 0) is 4.74 Å². The summed E-state index contributed by atoms with van der Waals surface area (Å²) in [7, 11) is 1.79. The Morgan fingerprint density at radius 3 is 2.52 bits per heavy atom. The highest BCUT2D eigenvalue weighted by Gasteiger charge is 2.47. The van der Waals surface area contributed by atoms with E-state index >= 15 is 0 Å². The molecular weight excluding hydrogens is 385 g/mol. The second-order valence-corrected chi connectivity index (χ2v) is 9.11. The van der Waals surface area contributed by atoms with Crippen LogP contribution < -0.4 is 0 Å². The van der Waals surface area contributed by atoms with Gasteiger partial charge in [0.1, 0.15) is 5.82 Å². The summed E-state index contributed by atoms with van der Waals surface area (Å²) in [6.45, 7) is 13.3. The second-order valence-electron chi connectivity index (χ2n) is 9.11. The molecule has 1 aliphatic rings. The fourth-order valence-electron chi connectivity index (χ4n) is 5.24. The average Bonchev–Trinajstić information content (AvgIpc) is 2.75. The first-order valence-electron chi connectivity index (χ1n) is 10.9. The maximum absolute atomic E-state index is 14.0. The van der Waals surface area contributed by atoms with Crippen LogP contribution in [0.15, 0.2) is 61.3 Å². The van der Waals surface area contributed by atoms with E-state index in [2.05, 4.69) is 57.5 Å². The number of halogens is 1. The minimum Gasteiger partial charge on any atom is -0.381 e. The van der Waals surface area contributed by atoms with Crippen LogP contribution in [-0.4, -0.2) is 18.2 Å². The van der Waals surface area contributed by atoms with Gasteiger partial charge in [0.25, 0.3) is 0 Å². The molecule has 1 heterocycles. The molecule has 0 radical (unpaired) electrons. The van der Waals surface area contributed by atoms with E-state index in [4.69, 9.17) is 4.74 Å². The lowest BCUT2D eigenvalue weighted by Crippen LogP contribution is -2.48. The third-order valence-corrected chi connectivity index (χ3v) is 7.25. The van der Waals surface area contributed by atoms with Crippen LogP contribution in [0.3, 0.4) is 0 Å². The maximum Gasteiger partial charge on any atom is 0.131 e. The van der Waals surface area contributed by atoms with Gasteiger partial charge in [-0.2, -0.15) is 0 Å². The number of aromatic nitrogens is 1. The Balaban J connectivity index is 0.00000341. The van der Waals surface area contributed by atoms with Crippen LogP contribution in [0.4, 0.5) is 4.39 Å². The molecule has 1 aromatic carbocycles. The molecule has 0 bridgehead atoms. The Morgan fingerprint density at radius 1 is 1.23 bits per heavy atom. The number of hydrogen-bond acceptors (Lipinski definition) is 2. The minimum atomic E-state index is -0.229. The van der Waals surface area contributed by atoms with E-state index in [1.54, 1.807) is 25.4 Å². The van der Waals surface area contributed by atoms with Crippen molar-refractivity contribution < 1.29 is 9.13 Å². The van der Waals surface area contributed by atoms with Crippen molar-refractivity contribution in [3.05, 3.63) is 72.8 Å². The van der Waals surface area contributed by atoms with Crippen LogP contribution in [0.5, 0.6) is 0 Å². The molecule has 6 atom stereocenters. The summed E-state index contributed by atoms with van der Waals surface area (Å²) >= 11 is 0. The Kier molecular flexibility index (Phi) is 8.36. The van der Waals surface area contributed by atoms with E-state index in [0.717, 1.165) is 17.7 Å². The largest absolute Gasteiger partial charge is 0.381 e. The molecule has 168 valence electrons. The Labute approximate surface area is 188 Å². The lowest BCUT2D eigenvalue weighted by molar-refractivity contribution is -0.0541. The number of benzene rings is 1. The second kappa shape index (κ2) is 10.4. The molecule has 2 aromatic rings. The molecule has 0 spiro atoms. The van der Waals surface area contributed by atoms with Crippen molar-refractivity contribution in [2.45, 2.75) is 47.6 Å². The van der Waals surface area contributed by atoms with Gasteiger partial charge in [0.2, 0.25) is 0 Å². The molecule has 1 aromatic heterocycles. The molecule has 0 aliphatic heterocycles. The fraction of sp³-hybridized carbons (Fsp3) is 0.464. The predicted molar refractivity (Wildman–Crippen MR) is 130 cm³/mol. The van der Waals surface area contributed by atoms with Crippen LogP contribution in [0, 0.1) is 34.9 Å². The van der Waals surface area contributed by atoms with Gasteiger partial charge in [0.05, 0.1) is 11.8 Å². The lowest BCUT2D eigenvalue weighted by atomic mass is 9.54. The summed E-state index contributed by atoms with van der Waals surface area (Å²) in [5.74, 6) is 1.61. The van der Waals surface area contributed by atoms with Gasteiger partial charge in [-0.25, -0.2) is 4.39 Å². The summed E-state index contributed by atoms with van der Waals surface area (Å²) in [6.07, 6.45) is 9.52. The number of rotatable bonds is 6. The molecule has 1 aliphatic carbocycles. The van der Waals surface area contributed by atoms with Crippen LogP contribution >= 0.6 is 0 Å². The first kappa shape index (κ1) is 25.0. The van der Waals surface area contributed by atoms with Gasteiger partial charge in [0, 0.05) is 30.4 Å². The summed E-state index contributed by atoms with van der Waals surface area (Å²) in [6, 6.07) is 10.7.